The van der Waals surface area contributed by atoms with E-state index in [2.05, 4.69) is 0 Å². The van der Waals surface area contributed by atoms with Crippen molar-refractivity contribution in [2.24, 2.45) is 0 Å². The van der Waals surface area contributed by atoms with E-state index in [1.54, 1.807) is 14.2 Å². The van der Waals surface area contributed by atoms with Crippen molar-refractivity contribution in [3.8, 4) is 5.75 Å². The Kier molecular flexibility index (Phi) is 5.02. The summed E-state index contributed by atoms with van der Waals surface area (Å²) in [6.07, 6.45) is 0. The number of methoxy groups -OCH3 is 1. The van der Waals surface area contributed by atoms with Crippen molar-refractivity contribution in [3.05, 3.63) is 59.2 Å². The number of halogens is 3. The van der Waals surface area contributed by atoms with Gasteiger partial charge < -0.3 is 9.64 Å². The van der Waals surface area contributed by atoms with Crippen LogP contribution in [0.4, 0.5) is 14.5 Å². The molecule has 0 saturated heterocycles. The third-order valence-electron chi connectivity index (χ3n) is 3.17. The fourth-order valence-corrected chi connectivity index (χ4v) is 2.34. The molecule has 2 rings (SSSR count). The lowest BCUT2D eigenvalue weighted by Crippen LogP contribution is -2.19. The molecule has 112 valence electrons. The molecule has 0 spiro atoms. The zero-order chi connectivity index (χ0) is 15.4. The highest BCUT2D eigenvalue weighted by molar-refractivity contribution is 6.17. The highest BCUT2D eigenvalue weighted by atomic mass is 35.5. The Bertz CT molecular complexity index is 610. The minimum absolute atomic E-state index is 0.0633. The first-order valence-electron chi connectivity index (χ1n) is 6.43. The van der Waals surface area contributed by atoms with E-state index < -0.39 is 11.6 Å². The van der Waals surface area contributed by atoms with Gasteiger partial charge in [-0.2, -0.15) is 0 Å². The van der Waals surface area contributed by atoms with E-state index >= 15 is 0 Å². The first-order valence-corrected chi connectivity index (χ1v) is 6.96. The zero-order valence-corrected chi connectivity index (χ0v) is 12.6. The second-order valence-corrected chi connectivity index (χ2v) is 5.02. The quantitative estimate of drug-likeness (QED) is 0.761. The fraction of sp³-hybridized carbons (Fsp3) is 0.250. The standard InChI is InChI=1S/C16H16ClF2NO/c1-20(10-11-4-3-5-13(6-11)21-2)16-14(18)7-12(9-17)8-15(16)19/h3-8H,9-10H2,1-2H3. The van der Waals surface area contributed by atoms with Gasteiger partial charge in [-0.1, -0.05) is 12.1 Å². The van der Waals surface area contributed by atoms with Gasteiger partial charge in [-0.15, -0.1) is 11.6 Å². The summed E-state index contributed by atoms with van der Waals surface area (Å²) in [6.45, 7) is 0.366. The number of hydrogen-bond donors (Lipinski definition) is 0. The molecule has 0 bridgehead atoms. The Labute approximate surface area is 127 Å². The lowest BCUT2D eigenvalue weighted by Gasteiger charge is -2.21. The number of nitrogens with zero attached hydrogens (tertiary/aromatic N) is 1. The lowest BCUT2D eigenvalue weighted by molar-refractivity contribution is 0.414. The molecule has 0 amide bonds. The normalized spacial score (nSPS) is 10.5. The molecule has 2 aromatic rings. The summed E-state index contributed by atoms with van der Waals surface area (Å²) < 4.78 is 33.2. The SMILES string of the molecule is COc1cccc(CN(C)c2c(F)cc(CCl)cc2F)c1. The van der Waals surface area contributed by atoms with Gasteiger partial charge in [0, 0.05) is 19.5 Å². The predicted octanol–water partition coefficient (Wildman–Crippen LogP) is 4.35. The van der Waals surface area contributed by atoms with E-state index in [-0.39, 0.29) is 11.6 Å². The van der Waals surface area contributed by atoms with Gasteiger partial charge in [0.15, 0.2) is 0 Å². The maximum atomic E-state index is 14.0. The lowest BCUT2D eigenvalue weighted by atomic mass is 10.1. The van der Waals surface area contributed by atoms with Crippen molar-refractivity contribution in [1.29, 1.82) is 0 Å². The van der Waals surface area contributed by atoms with Gasteiger partial charge in [0.25, 0.3) is 0 Å². The maximum absolute atomic E-state index is 14.0. The van der Waals surface area contributed by atoms with Gasteiger partial charge in [0.1, 0.15) is 23.1 Å². The molecule has 2 nitrogen and oxygen atoms in total. The van der Waals surface area contributed by atoms with Gasteiger partial charge in [-0.05, 0) is 35.4 Å². The van der Waals surface area contributed by atoms with Gasteiger partial charge in [-0.3, -0.25) is 0 Å². The molecule has 0 aliphatic carbocycles. The van der Waals surface area contributed by atoms with Crippen LogP contribution in [0, 0.1) is 11.6 Å². The van der Waals surface area contributed by atoms with Crippen LogP contribution in [0.5, 0.6) is 5.75 Å². The van der Waals surface area contributed by atoms with Gasteiger partial charge >= 0.3 is 0 Å². The summed E-state index contributed by atoms with van der Waals surface area (Å²) in [6, 6.07) is 9.88. The number of rotatable bonds is 5. The van der Waals surface area contributed by atoms with Gasteiger partial charge in [0.05, 0.1) is 7.11 Å². The molecule has 0 N–H and O–H groups in total. The highest BCUT2D eigenvalue weighted by Crippen LogP contribution is 2.26. The Morgan fingerprint density at radius 3 is 2.33 bits per heavy atom. The van der Waals surface area contributed by atoms with E-state index in [1.807, 2.05) is 24.3 Å². The first kappa shape index (κ1) is 15.6. The minimum atomic E-state index is -0.615. The molecule has 21 heavy (non-hydrogen) atoms. The van der Waals surface area contributed by atoms with Crippen molar-refractivity contribution >= 4 is 17.3 Å². The number of benzene rings is 2. The van der Waals surface area contributed by atoms with Crippen LogP contribution in [0.15, 0.2) is 36.4 Å². The predicted molar refractivity (Wildman–Crippen MR) is 81.0 cm³/mol. The van der Waals surface area contributed by atoms with Crippen molar-refractivity contribution in [1.82, 2.24) is 0 Å². The largest absolute Gasteiger partial charge is 0.497 e. The van der Waals surface area contributed by atoms with E-state index in [0.29, 0.717) is 17.9 Å². The summed E-state index contributed by atoms with van der Waals surface area (Å²) in [7, 11) is 3.22. The Balaban J connectivity index is 2.25. The number of anilines is 1. The zero-order valence-electron chi connectivity index (χ0n) is 11.9. The Morgan fingerprint density at radius 1 is 1.10 bits per heavy atom. The van der Waals surface area contributed by atoms with Gasteiger partial charge in [-0.25, -0.2) is 8.78 Å². The highest BCUT2D eigenvalue weighted by Gasteiger charge is 2.15. The topological polar surface area (TPSA) is 12.5 Å². The fourth-order valence-electron chi connectivity index (χ4n) is 2.18. The Morgan fingerprint density at radius 2 is 1.76 bits per heavy atom. The summed E-state index contributed by atoms with van der Waals surface area (Å²) in [5.74, 6) is -0.445. The van der Waals surface area contributed by atoms with E-state index in [0.717, 1.165) is 5.56 Å². The first-order chi connectivity index (χ1) is 10.0. The summed E-state index contributed by atoms with van der Waals surface area (Å²) in [5, 5.41) is 0. The summed E-state index contributed by atoms with van der Waals surface area (Å²) in [4.78, 5) is 1.53. The molecular formula is C16H16ClF2NO. The molecule has 0 radical (unpaired) electrons. The molecule has 0 saturated carbocycles. The summed E-state index contributed by atoms with van der Waals surface area (Å²) in [5.41, 5.74) is 1.26. The minimum Gasteiger partial charge on any atom is -0.497 e. The molecule has 0 fully saturated rings. The third-order valence-corrected chi connectivity index (χ3v) is 3.48. The van der Waals surface area contributed by atoms with Crippen LogP contribution < -0.4 is 9.64 Å². The van der Waals surface area contributed by atoms with Crippen LogP contribution in [-0.2, 0) is 12.4 Å². The van der Waals surface area contributed by atoms with Gasteiger partial charge in [0.2, 0.25) is 0 Å². The maximum Gasteiger partial charge on any atom is 0.149 e. The molecule has 2 aromatic carbocycles. The Hall–Kier alpha value is -1.81. The average Bonchev–Trinajstić information content (AvgIpc) is 2.46. The van der Waals surface area contributed by atoms with Crippen molar-refractivity contribution in [2.75, 3.05) is 19.1 Å². The molecule has 0 atom stereocenters. The van der Waals surface area contributed by atoms with E-state index in [1.165, 1.54) is 17.0 Å². The second kappa shape index (κ2) is 6.76. The smallest absolute Gasteiger partial charge is 0.149 e. The monoisotopic (exact) mass is 311 g/mol. The third kappa shape index (κ3) is 3.64. The molecule has 5 heteroatoms. The van der Waals surface area contributed by atoms with Crippen LogP contribution in [0.2, 0.25) is 0 Å². The molecule has 0 aromatic heterocycles. The van der Waals surface area contributed by atoms with Crippen LogP contribution in [-0.4, -0.2) is 14.2 Å². The molecule has 0 aliphatic rings. The number of alkyl halides is 1. The van der Waals surface area contributed by atoms with E-state index in [4.69, 9.17) is 16.3 Å². The average molecular weight is 312 g/mol. The molecule has 0 unspecified atom stereocenters. The molecule has 0 heterocycles. The number of hydrogen-bond acceptors (Lipinski definition) is 2. The van der Waals surface area contributed by atoms with Crippen molar-refractivity contribution in [3.63, 3.8) is 0 Å². The number of ether oxygens (including phenoxy) is 1. The second-order valence-electron chi connectivity index (χ2n) is 4.75. The van der Waals surface area contributed by atoms with Crippen LogP contribution in [0.3, 0.4) is 0 Å². The van der Waals surface area contributed by atoms with Crippen LogP contribution in [0.1, 0.15) is 11.1 Å². The van der Waals surface area contributed by atoms with Crippen molar-refractivity contribution < 1.29 is 13.5 Å². The van der Waals surface area contributed by atoms with Crippen molar-refractivity contribution in [2.45, 2.75) is 12.4 Å². The molecule has 0 aliphatic heterocycles. The summed E-state index contributed by atoms with van der Waals surface area (Å²) >= 11 is 5.61. The van der Waals surface area contributed by atoms with Crippen LogP contribution in [0.25, 0.3) is 0 Å². The van der Waals surface area contributed by atoms with E-state index in [9.17, 15) is 8.78 Å². The van der Waals surface area contributed by atoms with Crippen LogP contribution >= 0.6 is 11.6 Å². The molecular weight excluding hydrogens is 296 g/mol.